The molecule has 0 unspecified atom stereocenters. The molecule has 0 fully saturated rings. The highest BCUT2D eigenvalue weighted by Crippen LogP contribution is 2.23. The maximum absolute atomic E-state index is 6.12. The standard InChI is InChI=1S/C16H25BN2.C2H6.CH2Cl2/c1-11-9-12(2)14(13(3)10-11)15(19(8)17)16(4,5)18(6)7;1-2;2-1-3/h9-10H,1H2,2-8H3;1-2H3;1H2. The second kappa shape index (κ2) is 11.8. The minimum Gasteiger partial charge on any atom is -0.429 e. The smallest absolute Gasteiger partial charge is 0.225 e. The van der Waals surface area contributed by atoms with Crippen LogP contribution < -0.4 is 10.4 Å². The fraction of sp³-hybridized carbons (Fsp3) is 0.579. The van der Waals surface area contributed by atoms with Gasteiger partial charge in [-0.15, -0.1) is 23.2 Å². The van der Waals surface area contributed by atoms with Crippen molar-refractivity contribution in [2.45, 2.75) is 47.1 Å². The van der Waals surface area contributed by atoms with Gasteiger partial charge < -0.3 is 4.81 Å². The molecule has 0 N–H and O–H groups in total. The van der Waals surface area contributed by atoms with E-state index in [-0.39, 0.29) is 10.9 Å². The number of aryl methyl sites for hydroxylation is 2. The van der Waals surface area contributed by atoms with Crippen molar-refractivity contribution in [2.75, 3.05) is 26.5 Å². The Kier molecular flexibility index (Phi) is 12.6. The van der Waals surface area contributed by atoms with E-state index < -0.39 is 0 Å². The number of rotatable bonds is 3. The first kappa shape index (κ1) is 25.6. The van der Waals surface area contributed by atoms with Crippen molar-refractivity contribution in [3.63, 3.8) is 0 Å². The van der Waals surface area contributed by atoms with Gasteiger partial charge in [0.05, 0.1) is 10.9 Å². The minimum atomic E-state index is -0.151. The van der Waals surface area contributed by atoms with Crippen LogP contribution >= 0.6 is 23.2 Å². The van der Waals surface area contributed by atoms with Gasteiger partial charge in [0, 0.05) is 10.9 Å². The van der Waals surface area contributed by atoms with Gasteiger partial charge >= 0.3 is 0 Å². The Bertz CT molecular complexity index is 567. The Morgan fingerprint density at radius 1 is 1.08 bits per heavy atom. The molecule has 0 spiro atoms. The first-order chi connectivity index (χ1) is 11.0. The second-order valence-electron chi connectivity index (χ2n) is 6.12. The van der Waals surface area contributed by atoms with E-state index in [0.29, 0.717) is 0 Å². The Balaban J connectivity index is 0. The van der Waals surface area contributed by atoms with E-state index in [0.717, 1.165) is 10.9 Å². The van der Waals surface area contributed by atoms with Crippen LogP contribution in [0.5, 0.6) is 0 Å². The lowest BCUT2D eigenvalue weighted by Gasteiger charge is -2.39. The molecule has 0 aromatic heterocycles. The summed E-state index contributed by atoms with van der Waals surface area (Å²) in [5.41, 5.74) is 3.40. The summed E-state index contributed by atoms with van der Waals surface area (Å²) in [6, 6.07) is 4.22. The van der Waals surface area contributed by atoms with Crippen LogP contribution in [0.2, 0.25) is 0 Å². The molecule has 0 aliphatic rings. The van der Waals surface area contributed by atoms with Crippen LogP contribution in [0, 0.1) is 13.8 Å². The van der Waals surface area contributed by atoms with Crippen LogP contribution in [0.25, 0.3) is 12.3 Å². The summed E-state index contributed by atoms with van der Waals surface area (Å²) in [6.07, 6.45) is 0. The van der Waals surface area contributed by atoms with Gasteiger partial charge in [-0.1, -0.05) is 32.6 Å². The summed E-state index contributed by atoms with van der Waals surface area (Å²) in [5.74, 6) is 0. The zero-order chi connectivity index (χ0) is 19.7. The summed E-state index contributed by atoms with van der Waals surface area (Å²) in [7, 11) is 12.2. The van der Waals surface area contributed by atoms with Crippen LogP contribution in [0.4, 0.5) is 0 Å². The summed E-state index contributed by atoms with van der Waals surface area (Å²) >= 11 is 9.53. The number of nitrogens with zero attached hydrogens (tertiary/aromatic N) is 2. The molecular formula is C19H33BCl2N2. The van der Waals surface area contributed by atoms with Gasteiger partial charge in [0.2, 0.25) is 7.98 Å². The molecular weight excluding hydrogens is 338 g/mol. The van der Waals surface area contributed by atoms with Crippen molar-refractivity contribution >= 4 is 43.5 Å². The highest BCUT2D eigenvalue weighted by atomic mass is 35.5. The van der Waals surface area contributed by atoms with Crippen LogP contribution in [-0.4, -0.2) is 49.7 Å². The Morgan fingerprint density at radius 3 is 1.67 bits per heavy atom. The quantitative estimate of drug-likeness (QED) is 0.592. The van der Waals surface area contributed by atoms with E-state index in [9.17, 15) is 0 Å². The fourth-order valence-electron chi connectivity index (χ4n) is 2.55. The third-order valence-corrected chi connectivity index (χ3v) is 3.88. The van der Waals surface area contributed by atoms with Crippen molar-refractivity contribution in [3.05, 3.63) is 33.7 Å². The molecule has 136 valence electrons. The van der Waals surface area contributed by atoms with Gasteiger partial charge in [0.1, 0.15) is 0 Å². The molecule has 0 saturated heterocycles. The summed E-state index contributed by atoms with van der Waals surface area (Å²) < 4.78 is 0. The van der Waals surface area contributed by atoms with Gasteiger partial charge in [-0.05, 0) is 65.2 Å². The molecule has 5 heteroatoms. The number of benzene rings is 1. The fourth-order valence-corrected chi connectivity index (χ4v) is 2.55. The Hall–Kier alpha value is -0.635. The minimum absolute atomic E-state index is 0.151. The van der Waals surface area contributed by atoms with Crippen molar-refractivity contribution < 1.29 is 0 Å². The van der Waals surface area contributed by atoms with E-state index in [2.05, 4.69) is 65.4 Å². The monoisotopic (exact) mass is 370 g/mol. The maximum atomic E-state index is 6.12. The molecule has 0 aliphatic heterocycles. The lowest BCUT2D eigenvalue weighted by atomic mass is 9.90. The van der Waals surface area contributed by atoms with Crippen molar-refractivity contribution in [3.8, 4) is 0 Å². The van der Waals surface area contributed by atoms with Crippen LogP contribution in [-0.2, 0) is 0 Å². The molecule has 1 rings (SSSR count). The number of hydrogen-bond acceptors (Lipinski definition) is 2. The van der Waals surface area contributed by atoms with Crippen LogP contribution in [0.15, 0.2) is 12.1 Å². The molecule has 2 radical (unpaired) electrons. The van der Waals surface area contributed by atoms with Gasteiger partial charge in [-0.2, -0.15) is 0 Å². The summed E-state index contributed by atoms with van der Waals surface area (Å²) in [5, 5.41) is 2.46. The van der Waals surface area contributed by atoms with Gasteiger partial charge in [-0.3, -0.25) is 4.90 Å². The molecule has 24 heavy (non-hydrogen) atoms. The normalized spacial score (nSPS) is 10.3. The topological polar surface area (TPSA) is 6.48 Å². The summed E-state index contributed by atoms with van der Waals surface area (Å²) in [6.45, 7) is 16.6. The largest absolute Gasteiger partial charge is 0.429 e. The van der Waals surface area contributed by atoms with Gasteiger partial charge in [0.15, 0.2) is 0 Å². The van der Waals surface area contributed by atoms with E-state index in [4.69, 9.17) is 31.2 Å². The molecule has 0 aliphatic carbocycles. The molecule has 0 saturated carbocycles. The number of alkyl halides is 2. The first-order valence-corrected chi connectivity index (χ1v) is 9.16. The summed E-state index contributed by atoms with van der Waals surface area (Å²) in [4.78, 5) is 3.92. The molecule has 0 bridgehead atoms. The number of halogens is 2. The van der Waals surface area contributed by atoms with Gasteiger partial charge in [-0.25, -0.2) is 0 Å². The third-order valence-electron chi connectivity index (χ3n) is 3.88. The average molecular weight is 371 g/mol. The van der Waals surface area contributed by atoms with E-state index in [1.807, 2.05) is 20.9 Å². The van der Waals surface area contributed by atoms with Crippen molar-refractivity contribution in [2.24, 2.45) is 0 Å². The third kappa shape index (κ3) is 7.08. The SMILES string of the molecule is CC.ClCCl.[B]N(C)C(=c1c(C)cc(=C)cc1C)C(C)(C)N(C)C. The highest BCUT2D eigenvalue weighted by Gasteiger charge is 2.28. The van der Waals surface area contributed by atoms with Crippen molar-refractivity contribution in [1.29, 1.82) is 0 Å². The Morgan fingerprint density at radius 2 is 1.42 bits per heavy atom. The predicted molar refractivity (Wildman–Crippen MR) is 113 cm³/mol. The highest BCUT2D eigenvalue weighted by molar-refractivity contribution is 6.40. The molecule has 2 nitrogen and oxygen atoms in total. The lowest BCUT2D eigenvalue weighted by Crippen LogP contribution is -2.47. The predicted octanol–water partition coefficient (Wildman–Crippen LogP) is 3.63. The molecule has 1 aromatic rings. The zero-order valence-corrected chi connectivity index (χ0v) is 18.3. The average Bonchev–Trinajstić information content (AvgIpc) is 2.44. The van der Waals surface area contributed by atoms with Crippen LogP contribution in [0.1, 0.15) is 38.8 Å². The second-order valence-corrected chi connectivity index (χ2v) is 6.93. The number of likely N-dealkylation sites (N-methyl/N-ethyl adjacent to an activating group) is 2. The Labute approximate surface area is 160 Å². The zero-order valence-electron chi connectivity index (χ0n) is 16.8. The number of hydrogen-bond donors (Lipinski definition) is 0. The van der Waals surface area contributed by atoms with E-state index >= 15 is 0 Å². The first-order valence-electron chi connectivity index (χ1n) is 8.09. The molecule has 1 aromatic carbocycles. The molecule has 0 heterocycles. The van der Waals surface area contributed by atoms with Crippen molar-refractivity contribution in [1.82, 2.24) is 9.71 Å². The van der Waals surface area contributed by atoms with E-state index in [1.165, 1.54) is 16.3 Å². The lowest BCUT2D eigenvalue weighted by molar-refractivity contribution is 0.245. The van der Waals surface area contributed by atoms with E-state index in [1.54, 1.807) is 4.81 Å². The maximum Gasteiger partial charge on any atom is 0.225 e. The molecule has 0 amide bonds. The molecule has 0 atom stereocenters. The van der Waals surface area contributed by atoms with Gasteiger partial charge in [0.25, 0.3) is 0 Å². The van der Waals surface area contributed by atoms with Crippen LogP contribution in [0.3, 0.4) is 0 Å².